The molecule has 1 aromatic heterocycles. The molecule has 0 bridgehead atoms. The van der Waals surface area contributed by atoms with Gasteiger partial charge in [0.2, 0.25) is 0 Å². The topological polar surface area (TPSA) is 14.2 Å². The number of nitrogens with zero attached hydrogens (tertiary/aromatic N) is 1. The molecule has 102 valence electrons. The van der Waals surface area contributed by atoms with Crippen LogP contribution < -0.4 is 0 Å². The first-order chi connectivity index (χ1) is 9.20. The van der Waals surface area contributed by atoms with Gasteiger partial charge in [-0.2, -0.15) is 0 Å². The first-order valence-corrected chi connectivity index (χ1v) is 7.34. The van der Waals surface area contributed by atoms with Crippen molar-refractivity contribution in [2.24, 2.45) is 5.92 Å². The second kappa shape index (κ2) is 5.01. The minimum absolute atomic E-state index is 0.558. The Balaban J connectivity index is 2.06. The standard InChI is InChI=1S/C17H23NO/c1-12-13(2)18(17-7-5-4-6-16(12)17)14(3)15-8-10-19-11-9-15/h4-7,14-15H,8-11H2,1-3H3. The summed E-state index contributed by atoms with van der Waals surface area (Å²) in [6.07, 6.45) is 2.37. The third-order valence-corrected chi connectivity index (χ3v) is 4.83. The summed E-state index contributed by atoms with van der Waals surface area (Å²) < 4.78 is 8.04. The molecule has 0 saturated carbocycles. The van der Waals surface area contributed by atoms with Gasteiger partial charge in [0.05, 0.1) is 0 Å². The van der Waals surface area contributed by atoms with Gasteiger partial charge in [0.1, 0.15) is 0 Å². The number of fused-ring (bicyclic) bond motifs is 1. The predicted molar refractivity (Wildman–Crippen MR) is 79.7 cm³/mol. The first-order valence-electron chi connectivity index (χ1n) is 7.34. The van der Waals surface area contributed by atoms with Crippen LogP contribution in [0.5, 0.6) is 0 Å². The second-order valence-electron chi connectivity index (χ2n) is 5.79. The van der Waals surface area contributed by atoms with E-state index in [4.69, 9.17) is 4.74 Å². The summed E-state index contributed by atoms with van der Waals surface area (Å²) in [7, 11) is 0. The van der Waals surface area contributed by atoms with Crippen molar-refractivity contribution in [2.75, 3.05) is 13.2 Å². The number of hydrogen-bond donors (Lipinski definition) is 0. The molecule has 2 aromatic rings. The van der Waals surface area contributed by atoms with E-state index in [-0.39, 0.29) is 0 Å². The van der Waals surface area contributed by atoms with Crippen LogP contribution in [0.15, 0.2) is 24.3 Å². The van der Waals surface area contributed by atoms with Crippen molar-refractivity contribution in [3.05, 3.63) is 35.5 Å². The van der Waals surface area contributed by atoms with Gasteiger partial charge in [0.25, 0.3) is 0 Å². The lowest BCUT2D eigenvalue weighted by atomic mass is 9.92. The highest BCUT2D eigenvalue weighted by Gasteiger charge is 2.24. The second-order valence-corrected chi connectivity index (χ2v) is 5.79. The molecule has 2 nitrogen and oxygen atoms in total. The van der Waals surface area contributed by atoms with E-state index in [0.717, 1.165) is 19.1 Å². The molecule has 0 N–H and O–H groups in total. The van der Waals surface area contributed by atoms with E-state index < -0.39 is 0 Å². The van der Waals surface area contributed by atoms with Gasteiger partial charge in [-0.25, -0.2) is 0 Å². The molecular weight excluding hydrogens is 234 g/mol. The van der Waals surface area contributed by atoms with Gasteiger partial charge < -0.3 is 9.30 Å². The van der Waals surface area contributed by atoms with E-state index in [0.29, 0.717) is 6.04 Å². The average molecular weight is 257 g/mol. The van der Waals surface area contributed by atoms with Crippen LogP contribution in [0.1, 0.15) is 37.1 Å². The summed E-state index contributed by atoms with van der Waals surface area (Å²) in [6.45, 7) is 8.71. The van der Waals surface area contributed by atoms with Gasteiger partial charge in [0, 0.05) is 35.9 Å². The van der Waals surface area contributed by atoms with Crippen LogP contribution in [0.3, 0.4) is 0 Å². The molecule has 0 amide bonds. The number of benzene rings is 1. The van der Waals surface area contributed by atoms with Gasteiger partial charge in [-0.05, 0) is 51.2 Å². The van der Waals surface area contributed by atoms with Gasteiger partial charge in [-0.3, -0.25) is 0 Å². The maximum absolute atomic E-state index is 5.50. The number of rotatable bonds is 2. The van der Waals surface area contributed by atoms with Gasteiger partial charge in [-0.1, -0.05) is 18.2 Å². The highest BCUT2D eigenvalue weighted by atomic mass is 16.5. The zero-order chi connectivity index (χ0) is 13.4. The van der Waals surface area contributed by atoms with E-state index in [9.17, 15) is 0 Å². The lowest BCUT2D eigenvalue weighted by molar-refractivity contribution is 0.0517. The quantitative estimate of drug-likeness (QED) is 0.784. The average Bonchev–Trinajstić information content (AvgIpc) is 2.72. The van der Waals surface area contributed by atoms with E-state index in [2.05, 4.69) is 49.6 Å². The van der Waals surface area contributed by atoms with Crippen molar-refractivity contribution >= 4 is 10.9 Å². The molecule has 0 radical (unpaired) electrons. The van der Waals surface area contributed by atoms with E-state index in [1.807, 2.05) is 0 Å². The van der Waals surface area contributed by atoms with Crippen LogP contribution in [0.4, 0.5) is 0 Å². The van der Waals surface area contributed by atoms with Crippen LogP contribution in [-0.4, -0.2) is 17.8 Å². The summed E-state index contributed by atoms with van der Waals surface area (Å²) in [4.78, 5) is 0. The summed E-state index contributed by atoms with van der Waals surface area (Å²) >= 11 is 0. The summed E-state index contributed by atoms with van der Waals surface area (Å²) in [5.74, 6) is 0.739. The Morgan fingerprint density at radius 1 is 1.16 bits per heavy atom. The third kappa shape index (κ3) is 2.08. The fourth-order valence-corrected chi connectivity index (χ4v) is 3.49. The molecule has 3 rings (SSSR count). The maximum Gasteiger partial charge on any atom is 0.0487 e. The highest BCUT2D eigenvalue weighted by molar-refractivity contribution is 5.85. The minimum atomic E-state index is 0.558. The molecule has 1 saturated heterocycles. The smallest absolute Gasteiger partial charge is 0.0487 e. The van der Waals surface area contributed by atoms with E-state index in [1.54, 1.807) is 0 Å². The van der Waals surface area contributed by atoms with Crippen molar-refractivity contribution in [3.63, 3.8) is 0 Å². The van der Waals surface area contributed by atoms with Crippen molar-refractivity contribution < 1.29 is 4.74 Å². The zero-order valence-corrected chi connectivity index (χ0v) is 12.1. The third-order valence-electron chi connectivity index (χ3n) is 4.83. The molecule has 1 aromatic carbocycles. The van der Waals surface area contributed by atoms with Crippen molar-refractivity contribution in [3.8, 4) is 0 Å². The van der Waals surface area contributed by atoms with Crippen LogP contribution in [0.2, 0.25) is 0 Å². The number of hydrogen-bond acceptors (Lipinski definition) is 1. The van der Waals surface area contributed by atoms with E-state index in [1.165, 1.54) is 35.0 Å². The fourth-order valence-electron chi connectivity index (χ4n) is 3.49. The monoisotopic (exact) mass is 257 g/mol. The maximum atomic E-state index is 5.50. The number of aryl methyl sites for hydroxylation is 1. The van der Waals surface area contributed by atoms with Gasteiger partial charge >= 0.3 is 0 Å². The SMILES string of the molecule is Cc1c(C)n(C(C)C2CCOCC2)c2ccccc12. The molecule has 0 aliphatic carbocycles. The Morgan fingerprint density at radius 2 is 1.84 bits per heavy atom. The molecule has 19 heavy (non-hydrogen) atoms. The Morgan fingerprint density at radius 3 is 2.58 bits per heavy atom. The lowest BCUT2D eigenvalue weighted by Crippen LogP contribution is -2.24. The summed E-state index contributed by atoms with van der Waals surface area (Å²) in [5, 5.41) is 1.40. The highest BCUT2D eigenvalue weighted by Crippen LogP contribution is 2.34. The largest absolute Gasteiger partial charge is 0.381 e. The van der Waals surface area contributed by atoms with Gasteiger partial charge in [0.15, 0.2) is 0 Å². The number of aromatic nitrogens is 1. The molecule has 1 fully saturated rings. The minimum Gasteiger partial charge on any atom is -0.381 e. The zero-order valence-electron chi connectivity index (χ0n) is 12.1. The molecule has 1 aliphatic heterocycles. The summed E-state index contributed by atoms with van der Waals surface area (Å²) in [6, 6.07) is 9.34. The Kier molecular flexibility index (Phi) is 3.36. The molecule has 1 aliphatic rings. The first kappa shape index (κ1) is 12.7. The van der Waals surface area contributed by atoms with Crippen LogP contribution in [-0.2, 0) is 4.74 Å². The molecule has 1 atom stereocenters. The van der Waals surface area contributed by atoms with Crippen molar-refractivity contribution in [1.29, 1.82) is 0 Å². The molecule has 0 spiro atoms. The number of ether oxygens (including phenoxy) is 1. The molecular formula is C17H23NO. The fraction of sp³-hybridized carbons (Fsp3) is 0.529. The van der Waals surface area contributed by atoms with Crippen LogP contribution >= 0.6 is 0 Å². The Labute approximate surface area is 115 Å². The van der Waals surface area contributed by atoms with Gasteiger partial charge in [-0.15, -0.1) is 0 Å². The molecule has 2 heterocycles. The summed E-state index contributed by atoms with van der Waals surface area (Å²) in [5.41, 5.74) is 4.23. The van der Waals surface area contributed by atoms with Crippen molar-refractivity contribution in [1.82, 2.24) is 4.57 Å². The van der Waals surface area contributed by atoms with E-state index >= 15 is 0 Å². The molecule has 1 unspecified atom stereocenters. The normalized spacial score (nSPS) is 18.9. The Hall–Kier alpha value is -1.28. The van der Waals surface area contributed by atoms with Crippen LogP contribution in [0, 0.1) is 19.8 Å². The van der Waals surface area contributed by atoms with Crippen LogP contribution in [0.25, 0.3) is 10.9 Å². The molecule has 2 heteroatoms. The Bertz CT molecular complexity index is 578. The van der Waals surface area contributed by atoms with Crippen molar-refractivity contribution in [2.45, 2.75) is 39.7 Å². The predicted octanol–water partition coefficient (Wildman–Crippen LogP) is 4.25. The number of para-hydroxylation sites is 1. The lowest BCUT2D eigenvalue weighted by Gasteiger charge is -2.30.